The Labute approximate surface area is 304 Å². The fourth-order valence-electron chi connectivity index (χ4n) is 6.93. The highest BCUT2D eigenvalue weighted by Crippen LogP contribution is 2.17. The number of esters is 1. The van der Waals surface area contributed by atoms with E-state index in [0.29, 0.717) is 13.0 Å². The van der Waals surface area contributed by atoms with Gasteiger partial charge in [0.15, 0.2) is 0 Å². The SMILES string of the molecule is CCCCCCCC/C=C\CCCCCCCC(=O)OCCCCCCCCCCCCCCCCCCCCCCCCC(C)CC. The van der Waals surface area contributed by atoms with Crippen molar-refractivity contribution in [1.29, 1.82) is 0 Å². The second-order valence-electron chi connectivity index (χ2n) is 15.6. The summed E-state index contributed by atoms with van der Waals surface area (Å²) in [7, 11) is 0. The minimum Gasteiger partial charge on any atom is -0.466 e. The smallest absolute Gasteiger partial charge is 0.305 e. The lowest BCUT2D eigenvalue weighted by Gasteiger charge is -2.07. The van der Waals surface area contributed by atoms with Gasteiger partial charge in [-0.15, -0.1) is 0 Å². The average molecular weight is 675 g/mol. The van der Waals surface area contributed by atoms with Crippen LogP contribution in [0.5, 0.6) is 0 Å². The number of ether oxygens (including phenoxy) is 1. The number of unbranched alkanes of at least 4 members (excludes halogenated alkanes) is 32. The highest BCUT2D eigenvalue weighted by Gasteiger charge is 2.03. The van der Waals surface area contributed by atoms with Crippen molar-refractivity contribution >= 4 is 5.97 Å². The summed E-state index contributed by atoms with van der Waals surface area (Å²) in [6.07, 6.45) is 56.0. The predicted octanol–water partition coefficient (Wildman–Crippen LogP) is 16.6. The molecule has 0 aliphatic rings. The molecule has 0 rings (SSSR count). The third kappa shape index (κ3) is 41.4. The standard InChI is InChI=1S/C46H90O2/c1-4-6-7-8-9-10-11-12-21-25-28-31-34-37-40-43-46(47)48-44-41-38-35-32-29-26-23-20-18-16-14-13-15-17-19-22-24-27-30-33-36-39-42-45(3)5-2/h12,21,45H,4-11,13-20,22-44H2,1-3H3/b21-12-. The lowest BCUT2D eigenvalue weighted by molar-refractivity contribution is -0.143. The fraction of sp³-hybridized carbons (Fsp3) is 0.935. The summed E-state index contributed by atoms with van der Waals surface area (Å²) in [6.45, 7) is 7.63. The molecule has 0 amide bonds. The number of carbonyl (C=O) groups is 1. The summed E-state index contributed by atoms with van der Waals surface area (Å²) in [5.74, 6) is 0.956. The van der Waals surface area contributed by atoms with E-state index in [2.05, 4.69) is 32.9 Å². The highest BCUT2D eigenvalue weighted by molar-refractivity contribution is 5.69. The molecule has 0 saturated heterocycles. The van der Waals surface area contributed by atoms with Crippen molar-refractivity contribution in [2.75, 3.05) is 6.61 Å². The Morgan fingerprint density at radius 3 is 1.17 bits per heavy atom. The summed E-state index contributed by atoms with van der Waals surface area (Å²) >= 11 is 0. The Hall–Kier alpha value is -0.790. The van der Waals surface area contributed by atoms with Crippen LogP contribution in [-0.2, 0) is 9.53 Å². The molecule has 0 N–H and O–H groups in total. The second kappa shape index (κ2) is 42.4. The van der Waals surface area contributed by atoms with Crippen LogP contribution in [0.1, 0.15) is 265 Å². The van der Waals surface area contributed by atoms with Crippen LogP contribution in [0.4, 0.5) is 0 Å². The number of hydrogen-bond donors (Lipinski definition) is 0. The van der Waals surface area contributed by atoms with Gasteiger partial charge in [0.1, 0.15) is 0 Å². The van der Waals surface area contributed by atoms with E-state index in [1.165, 1.54) is 218 Å². The molecule has 0 aromatic rings. The molecule has 0 aliphatic carbocycles. The van der Waals surface area contributed by atoms with Crippen LogP contribution in [0.2, 0.25) is 0 Å². The first kappa shape index (κ1) is 47.2. The summed E-state index contributed by atoms with van der Waals surface area (Å²) < 4.78 is 5.47. The van der Waals surface area contributed by atoms with Crippen LogP contribution in [0.3, 0.4) is 0 Å². The van der Waals surface area contributed by atoms with Gasteiger partial charge in [-0.3, -0.25) is 4.79 Å². The van der Waals surface area contributed by atoms with Gasteiger partial charge in [0.25, 0.3) is 0 Å². The van der Waals surface area contributed by atoms with Gasteiger partial charge in [0.05, 0.1) is 6.61 Å². The lowest BCUT2D eigenvalue weighted by atomic mass is 9.99. The van der Waals surface area contributed by atoms with E-state index in [1.807, 2.05) is 0 Å². The third-order valence-corrected chi connectivity index (χ3v) is 10.7. The predicted molar refractivity (Wildman–Crippen MR) is 216 cm³/mol. The molecule has 0 saturated carbocycles. The van der Waals surface area contributed by atoms with Crippen molar-refractivity contribution in [2.24, 2.45) is 5.92 Å². The van der Waals surface area contributed by atoms with E-state index >= 15 is 0 Å². The van der Waals surface area contributed by atoms with Crippen molar-refractivity contribution in [3.8, 4) is 0 Å². The summed E-state index contributed by atoms with van der Waals surface area (Å²) in [6, 6.07) is 0. The van der Waals surface area contributed by atoms with Gasteiger partial charge < -0.3 is 4.74 Å². The van der Waals surface area contributed by atoms with Crippen LogP contribution in [0.25, 0.3) is 0 Å². The molecule has 0 heterocycles. The number of allylic oxidation sites excluding steroid dienone is 2. The van der Waals surface area contributed by atoms with Crippen molar-refractivity contribution in [3.05, 3.63) is 12.2 Å². The molecule has 1 atom stereocenters. The normalized spacial score (nSPS) is 12.3. The second-order valence-corrected chi connectivity index (χ2v) is 15.6. The van der Waals surface area contributed by atoms with Crippen molar-refractivity contribution < 1.29 is 9.53 Å². The van der Waals surface area contributed by atoms with E-state index in [-0.39, 0.29) is 5.97 Å². The lowest BCUT2D eigenvalue weighted by Crippen LogP contribution is -2.05. The monoisotopic (exact) mass is 675 g/mol. The van der Waals surface area contributed by atoms with E-state index in [1.54, 1.807) is 0 Å². The van der Waals surface area contributed by atoms with Gasteiger partial charge in [0, 0.05) is 6.42 Å². The Morgan fingerprint density at radius 1 is 0.438 bits per heavy atom. The molecule has 0 radical (unpaired) electrons. The summed E-state index contributed by atoms with van der Waals surface area (Å²) in [5.41, 5.74) is 0. The van der Waals surface area contributed by atoms with Crippen LogP contribution in [-0.4, -0.2) is 12.6 Å². The Bertz CT molecular complexity index is 626. The van der Waals surface area contributed by atoms with Crippen molar-refractivity contribution in [3.63, 3.8) is 0 Å². The van der Waals surface area contributed by atoms with Gasteiger partial charge in [-0.05, 0) is 44.4 Å². The summed E-state index contributed by atoms with van der Waals surface area (Å²) in [5, 5.41) is 0. The average Bonchev–Trinajstić information content (AvgIpc) is 3.09. The van der Waals surface area contributed by atoms with Crippen LogP contribution in [0, 0.1) is 5.92 Å². The topological polar surface area (TPSA) is 26.3 Å². The molecule has 1 unspecified atom stereocenters. The quantitative estimate of drug-likeness (QED) is 0.0366. The van der Waals surface area contributed by atoms with E-state index < -0.39 is 0 Å². The first-order valence-corrected chi connectivity index (χ1v) is 22.5. The molecule has 0 bridgehead atoms. The number of carbonyl (C=O) groups excluding carboxylic acids is 1. The maximum atomic E-state index is 12.0. The Morgan fingerprint density at radius 2 is 0.771 bits per heavy atom. The first-order chi connectivity index (χ1) is 23.7. The van der Waals surface area contributed by atoms with Crippen LogP contribution >= 0.6 is 0 Å². The minimum absolute atomic E-state index is 0.0201. The van der Waals surface area contributed by atoms with Crippen LogP contribution < -0.4 is 0 Å². The minimum atomic E-state index is 0.0201. The molecular weight excluding hydrogens is 585 g/mol. The number of hydrogen-bond acceptors (Lipinski definition) is 2. The molecule has 286 valence electrons. The molecule has 2 heteroatoms. The zero-order valence-corrected chi connectivity index (χ0v) is 33.6. The first-order valence-electron chi connectivity index (χ1n) is 22.5. The van der Waals surface area contributed by atoms with Gasteiger partial charge >= 0.3 is 5.97 Å². The van der Waals surface area contributed by atoms with Gasteiger partial charge in [-0.2, -0.15) is 0 Å². The largest absolute Gasteiger partial charge is 0.466 e. The Kier molecular flexibility index (Phi) is 41.7. The van der Waals surface area contributed by atoms with Gasteiger partial charge in [-0.25, -0.2) is 0 Å². The van der Waals surface area contributed by atoms with Crippen LogP contribution in [0.15, 0.2) is 12.2 Å². The zero-order valence-electron chi connectivity index (χ0n) is 33.6. The molecule has 2 nitrogen and oxygen atoms in total. The van der Waals surface area contributed by atoms with Gasteiger partial charge in [0.2, 0.25) is 0 Å². The maximum absolute atomic E-state index is 12.0. The zero-order chi connectivity index (χ0) is 34.9. The molecule has 48 heavy (non-hydrogen) atoms. The molecule has 0 aromatic carbocycles. The van der Waals surface area contributed by atoms with Crippen molar-refractivity contribution in [2.45, 2.75) is 265 Å². The summed E-state index contributed by atoms with van der Waals surface area (Å²) in [4.78, 5) is 12.0. The molecule has 0 aliphatic heterocycles. The molecule has 0 fully saturated rings. The van der Waals surface area contributed by atoms with E-state index in [0.717, 1.165) is 25.2 Å². The van der Waals surface area contributed by atoms with E-state index in [9.17, 15) is 4.79 Å². The van der Waals surface area contributed by atoms with Crippen molar-refractivity contribution in [1.82, 2.24) is 0 Å². The van der Waals surface area contributed by atoms with E-state index in [4.69, 9.17) is 4.74 Å². The molecular formula is C46H90O2. The highest BCUT2D eigenvalue weighted by atomic mass is 16.5. The Balaban J connectivity index is 3.17. The fourth-order valence-corrected chi connectivity index (χ4v) is 6.93. The maximum Gasteiger partial charge on any atom is 0.305 e. The van der Waals surface area contributed by atoms with Gasteiger partial charge in [-0.1, -0.05) is 232 Å². The molecule has 0 aromatic heterocycles. The number of rotatable bonds is 41. The third-order valence-electron chi connectivity index (χ3n) is 10.7. The molecule has 0 spiro atoms.